The maximum atomic E-state index is 13.7. The van der Waals surface area contributed by atoms with E-state index >= 15 is 0 Å². The van der Waals surface area contributed by atoms with Gasteiger partial charge in [0, 0.05) is 36.7 Å². The van der Waals surface area contributed by atoms with Crippen molar-refractivity contribution in [3.63, 3.8) is 0 Å². The standard InChI is InChI=1S/C32H33F4N3O2/c1-2-3-17-38(30(40)19-23-10-14-27(33)15-11-23)22-31(41)39(21-24-8-12-26(13-9-24)32(34,35)36)18-16-25-20-37-29-7-5-4-6-28(25)29/h4-15,20,37H,2-3,16-19,21-22H2,1H3. The van der Waals surface area contributed by atoms with E-state index in [2.05, 4.69) is 4.98 Å². The molecule has 0 saturated heterocycles. The highest BCUT2D eigenvalue weighted by Gasteiger charge is 2.30. The fourth-order valence-electron chi connectivity index (χ4n) is 4.70. The van der Waals surface area contributed by atoms with Crippen LogP contribution in [-0.2, 0) is 35.2 Å². The molecule has 0 bridgehead atoms. The zero-order chi connectivity index (χ0) is 29.4. The Kier molecular flexibility index (Phi) is 9.81. The van der Waals surface area contributed by atoms with Crippen LogP contribution in [0, 0.1) is 5.82 Å². The van der Waals surface area contributed by atoms with E-state index in [1.54, 1.807) is 17.0 Å². The van der Waals surface area contributed by atoms with Gasteiger partial charge < -0.3 is 14.8 Å². The number of hydrogen-bond donors (Lipinski definition) is 1. The first-order chi connectivity index (χ1) is 19.6. The summed E-state index contributed by atoms with van der Waals surface area (Å²) in [4.78, 5) is 33.2. The fourth-order valence-corrected chi connectivity index (χ4v) is 4.70. The minimum Gasteiger partial charge on any atom is -0.361 e. The van der Waals surface area contributed by atoms with Crippen molar-refractivity contribution in [3.05, 3.63) is 107 Å². The van der Waals surface area contributed by atoms with Gasteiger partial charge in [-0.15, -0.1) is 0 Å². The first kappa shape index (κ1) is 29.8. The normalized spacial score (nSPS) is 11.5. The molecule has 0 radical (unpaired) electrons. The van der Waals surface area contributed by atoms with Crippen LogP contribution in [-0.4, -0.2) is 46.2 Å². The highest BCUT2D eigenvalue weighted by Crippen LogP contribution is 2.29. The second-order valence-corrected chi connectivity index (χ2v) is 10.1. The predicted octanol–water partition coefficient (Wildman–Crippen LogP) is 6.77. The zero-order valence-corrected chi connectivity index (χ0v) is 22.9. The van der Waals surface area contributed by atoms with Crippen LogP contribution in [0.2, 0.25) is 0 Å². The van der Waals surface area contributed by atoms with Crippen LogP contribution < -0.4 is 0 Å². The second-order valence-electron chi connectivity index (χ2n) is 10.1. The summed E-state index contributed by atoms with van der Waals surface area (Å²) in [5.74, 6) is -0.939. The molecule has 4 rings (SSSR count). The van der Waals surface area contributed by atoms with Gasteiger partial charge in [0.15, 0.2) is 0 Å². The number of para-hydroxylation sites is 1. The van der Waals surface area contributed by atoms with E-state index in [9.17, 15) is 27.2 Å². The van der Waals surface area contributed by atoms with Crippen molar-refractivity contribution in [3.8, 4) is 0 Å². The Hall–Kier alpha value is -4.14. The summed E-state index contributed by atoms with van der Waals surface area (Å²) in [6.45, 7) is 2.64. The van der Waals surface area contributed by atoms with Crippen molar-refractivity contribution < 1.29 is 27.2 Å². The molecule has 0 unspecified atom stereocenters. The molecule has 9 heteroatoms. The summed E-state index contributed by atoms with van der Waals surface area (Å²) in [5, 5.41) is 1.04. The number of alkyl halides is 3. The van der Waals surface area contributed by atoms with Gasteiger partial charge in [0.05, 0.1) is 18.5 Å². The van der Waals surface area contributed by atoms with Crippen molar-refractivity contribution in [2.75, 3.05) is 19.6 Å². The Morgan fingerprint density at radius 3 is 2.20 bits per heavy atom. The number of aromatic amines is 1. The molecule has 3 aromatic carbocycles. The minimum absolute atomic E-state index is 0.0333. The number of nitrogens with one attached hydrogen (secondary N) is 1. The number of nitrogens with zero attached hydrogens (tertiary/aromatic N) is 2. The van der Waals surface area contributed by atoms with Gasteiger partial charge in [-0.05, 0) is 59.9 Å². The summed E-state index contributed by atoms with van der Waals surface area (Å²) in [6.07, 6.45) is -0.472. The van der Waals surface area contributed by atoms with Crippen LogP contribution in [0.4, 0.5) is 17.6 Å². The van der Waals surface area contributed by atoms with E-state index in [1.807, 2.05) is 37.4 Å². The molecule has 0 atom stereocenters. The van der Waals surface area contributed by atoms with Crippen LogP contribution in [0.15, 0.2) is 79.0 Å². The molecule has 41 heavy (non-hydrogen) atoms. The van der Waals surface area contributed by atoms with Gasteiger partial charge in [-0.3, -0.25) is 9.59 Å². The predicted molar refractivity (Wildman–Crippen MR) is 150 cm³/mol. The lowest BCUT2D eigenvalue weighted by molar-refractivity contribution is -0.140. The smallest absolute Gasteiger partial charge is 0.361 e. The Morgan fingerprint density at radius 2 is 1.51 bits per heavy atom. The molecule has 0 fully saturated rings. The van der Waals surface area contributed by atoms with Gasteiger partial charge in [-0.1, -0.05) is 55.8 Å². The van der Waals surface area contributed by atoms with Crippen LogP contribution in [0.1, 0.15) is 42.0 Å². The van der Waals surface area contributed by atoms with E-state index < -0.39 is 17.6 Å². The number of carbonyl (C=O) groups is 2. The van der Waals surface area contributed by atoms with E-state index in [4.69, 9.17) is 0 Å². The van der Waals surface area contributed by atoms with E-state index in [1.165, 1.54) is 29.2 Å². The maximum absolute atomic E-state index is 13.7. The van der Waals surface area contributed by atoms with Crippen molar-refractivity contribution in [2.24, 2.45) is 0 Å². The number of halogens is 4. The number of benzene rings is 3. The Morgan fingerprint density at radius 1 is 0.829 bits per heavy atom. The molecule has 1 heterocycles. The molecule has 4 aromatic rings. The molecule has 0 saturated carbocycles. The molecular weight excluding hydrogens is 534 g/mol. The van der Waals surface area contributed by atoms with Crippen LogP contribution in [0.3, 0.4) is 0 Å². The highest BCUT2D eigenvalue weighted by atomic mass is 19.4. The molecule has 1 aromatic heterocycles. The number of amides is 2. The molecule has 5 nitrogen and oxygen atoms in total. The molecule has 0 spiro atoms. The van der Waals surface area contributed by atoms with Crippen molar-refractivity contribution >= 4 is 22.7 Å². The highest BCUT2D eigenvalue weighted by molar-refractivity contribution is 5.86. The van der Waals surface area contributed by atoms with Crippen LogP contribution in [0.25, 0.3) is 10.9 Å². The Bertz CT molecular complexity index is 1450. The molecule has 1 N–H and O–H groups in total. The van der Waals surface area contributed by atoms with Gasteiger partial charge in [-0.2, -0.15) is 13.2 Å². The molecule has 216 valence electrons. The average Bonchev–Trinajstić information content (AvgIpc) is 3.37. The Balaban J connectivity index is 1.52. The number of unbranched alkanes of at least 4 members (excludes halogenated alkanes) is 1. The summed E-state index contributed by atoms with van der Waals surface area (Å²) in [5.41, 5.74) is 2.44. The summed E-state index contributed by atoms with van der Waals surface area (Å²) >= 11 is 0. The monoisotopic (exact) mass is 567 g/mol. The fraction of sp³-hybridized carbons (Fsp3) is 0.312. The van der Waals surface area contributed by atoms with Gasteiger partial charge in [0.1, 0.15) is 5.82 Å². The lowest BCUT2D eigenvalue weighted by Gasteiger charge is -2.28. The first-order valence-electron chi connectivity index (χ1n) is 13.6. The number of aromatic nitrogens is 1. The topological polar surface area (TPSA) is 56.4 Å². The summed E-state index contributed by atoms with van der Waals surface area (Å²) < 4.78 is 52.6. The summed E-state index contributed by atoms with van der Waals surface area (Å²) in [7, 11) is 0. The maximum Gasteiger partial charge on any atom is 0.416 e. The zero-order valence-electron chi connectivity index (χ0n) is 22.9. The third-order valence-corrected chi connectivity index (χ3v) is 7.06. The van der Waals surface area contributed by atoms with Crippen molar-refractivity contribution in [2.45, 2.75) is 45.3 Å². The van der Waals surface area contributed by atoms with Gasteiger partial charge >= 0.3 is 6.18 Å². The quantitative estimate of drug-likeness (QED) is 0.192. The van der Waals surface area contributed by atoms with E-state index in [0.29, 0.717) is 37.1 Å². The van der Waals surface area contributed by atoms with Crippen molar-refractivity contribution in [1.29, 1.82) is 0 Å². The lowest BCUT2D eigenvalue weighted by Crippen LogP contribution is -2.44. The molecule has 0 aliphatic rings. The van der Waals surface area contributed by atoms with Gasteiger partial charge in [0.25, 0.3) is 0 Å². The third-order valence-electron chi connectivity index (χ3n) is 7.06. The first-order valence-corrected chi connectivity index (χ1v) is 13.6. The van der Waals surface area contributed by atoms with E-state index in [0.717, 1.165) is 35.0 Å². The molecule has 2 amide bonds. The lowest BCUT2D eigenvalue weighted by atomic mass is 10.1. The Labute approximate surface area is 236 Å². The van der Waals surface area contributed by atoms with Gasteiger partial charge in [-0.25, -0.2) is 4.39 Å². The molecule has 0 aliphatic carbocycles. The second kappa shape index (κ2) is 13.5. The number of carbonyl (C=O) groups excluding carboxylic acids is 2. The molecular formula is C32H33F4N3O2. The van der Waals surface area contributed by atoms with Crippen LogP contribution in [0.5, 0.6) is 0 Å². The van der Waals surface area contributed by atoms with Crippen molar-refractivity contribution in [1.82, 2.24) is 14.8 Å². The number of fused-ring (bicyclic) bond motifs is 1. The third kappa shape index (κ3) is 8.19. The largest absolute Gasteiger partial charge is 0.416 e. The summed E-state index contributed by atoms with van der Waals surface area (Å²) in [6, 6.07) is 18.3. The minimum atomic E-state index is -4.45. The van der Waals surface area contributed by atoms with Gasteiger partial charge in [0.2, 0.25) is 11.8 Å². The molecule has 0 aliphatic heterocycles. The van der Waals surface area contributed by atoms with E-state index in [-0.39, 0.29) is 31.3 Å². The number of hydrogen-bond acceptors (Lipinski definition) is 2. The number of H-pyrrole nitrogens is 1. The number of rotatable bonds is 12. The van der Waals surface area contributed by atoms with Crippen LogP contribution >= 0.6 is 0 Å². The SMILES string of the molecule is CCCCN(CC(=O)N(CCc1c[nH]c2ccccc12)Cc1ccc(C(F)(F)F)cc1)C(=O)Cc1ccc(F)cc1. The average molecular weight is 568 g/mol.